The third kappa shape index (κ3) is 4.97. The Morgan fingerprint density at radius 3 is 2.23 bits per heavy atom. The van der Waals surface area contributed by atoms with Gasteiger partial charge in [0.25, 0.3) is 0 Å². The summed E-state index contributed by atoms with van der Waals surface area (Å²) in [6.45, 7) is 8.21. The number of nitrogens with one attached hydrogen (secondary N) is 2. The summed E-state index contributed by atoms with van der Waals surface area (Å²) < 4.78 is 0. The molecule has 1 saturated heterocycles. The van der Waals surface area contributed by atoms with E-state index in [1.807, 2.05) is 6.92 Å². The lowest BCUT2D eigenvalue weighted by Gasteiger charge is -2.38. The highest BCUT2D eigenvalue weighted by Crippen LogP contribution is 2.22. The summed E-state index contributed by atoms with van der Waals surface area (Å²) in [4.78, 5) is 26.5. The van der Waals surface area contributed by atoms with E-state index in [1.54, 1.807) is 0 Å². The fraction of sp³-hybridized carbons (Fsp3) is 0.882. The van der Waals surface area contributed by atoms with Crippen LogP contribution in [0.2, 0.25) is 0 Å². The van der Waals surface area contributed by atoms with E-state index in [0.29, 0.717) is 11.8 Å². The Balaban J connectivity index is 1.78. The fourth-order valence-electron chi connectivity index (χ4n) is 3.88. The number of piperidine rings is 1. The predicted octanol–water partition coefficient (Wildman–Crippen LogP) is 2.51. The molecular weight excluding hydrogens is 278 g/mol. The molecule has 22 heavy (non-hydrogen) atoms. The first kappa shape index (κ1) is 17.3. The first-order valence-corrected chi connectivity index (χ1v) is 8.81. The molecule has 0 aromatic rings. The van der Waals surface area contributed by atoms with Gasteiger partial charge in [0, 0.05) is 19.1 Å². The van der Waals surface area contributed by atoms with Crippen LogP contribution in [0.25, 0.3) is 0 Å². The molecule has 1 aliphatic carbocycles. The molecule has 5 nitrogen and oxygen atoms in total. The molecule has 3 atom stereocenters. The van der Waals surface area contributed by atoms with Crippen molar-refractivity contribution in [3.8, 4) is 0 Å². The second-order valence-corrected chi connectivity index (χ2v) is 7.37. The summed E-state index contributed by atoms with van der Waals surface area (Å²) in [6, 6.07) is -0.351. The number of hydrogen-bond acceptors (Lipinski definition) is 3. The Bertz CT molecular complexity index is 383. The number of amides is 3. The van der Waals surface area contributed by atoms with E-state index in [0.717, 1.165) is 25.9 Å². The summed E-state index contributed by atoms with van der Waals surface area (Å²) in [5, 5.41) is 5.46. The van der Waals surface area contributed by atoms with E-state index in [-0.39, 0.29) is 24.0 Å². The number of likely N-dealkylation sites (tertiary alicyclic amines) is 1. The van der Waals surface area contributed by atoms with Gasteiger partial charge in [-0.25, -0.2) is 4.79 Å². The molecule has 0 radical (unpaired) electrons. The molecule has 2 fully saturated rings. The number of carbonyl (C=O) groups excluding carboxylic acids is 2. The van der Waals surface area contributed by atoms with Crippen molar-refractivity contribution in [2.24, 2.45) is 11.8 Å². The molecule has 126 valence electrons. The Labute approximate surface area is 134 Å². The first-order chi connectivity index (χ1) is 10.5. The van der Waals surface area contributed by atoms with Crippen LogP contribution < -0.4 is 10.6 Å². The zero-order chi connectivity index (χ0) is 16.1. The normalized spacial score (nSPS) is 28.9. The largest absolute Gasteiger partial charge is 0.335 e. The highest BCUT2D eigenvalue weighted by molar-refractivity contribution is 5.96. The van der Waals surface area contributed by atoms with E-state index in [2.05, 4.69) is 29.4 Å². The average molecular weight is 309 g/mol. The van der Waals surface area contributed by atoms with Crippen molar-refractivity contribution in [1.82, 2.24) is 15.5 Å². The van der Waals surface area contributed by atoms with Crippen molar-refractivity contribution in [2.75, 3.05) is 13.1 Å². The van der Waals surface area contributed by atoms with Gasteiger partial charge in [-0.05, 0) is 38.0 Å². The van der Waals surface area contributed by atoms with Gasteiger partial charge in [0.05, 0.1) is 6.04 Å². The Morgan fingerprint density at radius 1 is 1.05 bits per heavy atom. The fourth-order valence-corrected chi connectivity index (χ4v) is 3.88. The molecule has 2 rings (SSSR count). The third-order valence-electron chi connectivity index (χ3n) is 5.00. The summed E-state index contributed by atoms with van der Waals surface area (Å²) in [7, 11) is 0. The molecule has 0 spiro atoms. The number of imide groups is 1. The number of urea groups is 1. The van der Waals surface area contributed by atoms with Gasteiger partial charge in [-0.2, -0.15) is 0 Å². The minimum absolute atomic E-state index is 0.186. The smallest absolute Gasteiger partial charge is 0.321 e. The standard InChI is InChI=1S/C17H31N3O2/c1-12-9-13(2)11-20(10-12)14(3)16(21)19-17(22)18-15-7-5-4-6-8-15/h12-15H,4-11H2,1-3H3,(H2,18,19,21,22)/t12-,13-,14+/m1/s1. The third-order valence-corrected chi connectivity index (χ3v) is 5.00. The highest BCUT2D eigenvalue weighted by Gasteiger charge is 2.29. The van der Waals surface area contributed by atoms with Crippen molar-refractivity contribution >= 4 is 11.9 Å². The lowest BCUT2D eigenvalue weighted by Crippen LogP contribution is -2.54. The number of carbonyl (C=O) groups is 2. The Morgan fingerprint density at radius 2 is 1.64 bits per heavy atom. The van der Waals surface area contributed by atoms with E-state index in [4.69, 9.17) is 0 Å². The van der Waals surface area contributed by atoms with Crippen LogP contribution in [0.15, 0.2) is 0 Å². The van der Waals surface area contributed by atoms with Crippen molar-refractivity contribution in [1.29, 1.82) is 0 Å². The van der Waals surface area contributed by atoms with Gasteiger partial charge in [-0.15, -0.1) is 0 Å². The SMILES string of the molecule is C[C@@H]1C[C@@H](C)CN([C@@H](C)C(=O)NC(=O)NC2CCCCC2)C1. The average Bonchev–Trinajstić information content (AvgIpc) is 2.46. The van der Waals surface area contributed by atoms with Gasteiger partial charge in [0.1, 0.15) is 0 Å². The van der Waals surface area contributed by atoms with Crippen molar-refractivity contribution < 1.29 is 9.59 Å². The quantitative estimate of drug-likeness (QED) is 0.842. The first-order valence-electron chi connectivity index (χ1n) is 8.81. The molecule has 0 aromatic carbocycles. The van der Waals surface area contributed by atoms with Gasteiger partial charge >= 0.3 is 6.03 Å². The maximum atomic E-state index is 12.3. The number of nitrogens with zero attached hydrogens (tertiary/aromatic N) is 1. The molecule has 1 saturated carbocycles. The van der Waals surface area contributed by atoms with Crippen LogP contribution in [0.1, 0.15) is 59.3 Å². The molecule has 0 bridgehead atoms. The van der Waals surface area contributed by atoms with Gasteiger partial charge < -0.3 is 5.32 Å². The van der Waals surface area contributed by atoms with Gasteiger partial charge in [0.15, 0.2) is 0 Å². The molecule has 0 aromatic heterocycles. The summed E-state index contributed by atoms with van der Waals surface area (Å²) in [5.74, 6) is 1.03. The van der Waals surface area contributed by atoms with Crippen LogP contribution in [-0.2, 0) is 4.79 Å². The van der Waals surface area contributed by atoms with Gasteiger partial charge in [-0.3, -0.25) is 15.0 Å². The summed E-state index contributed by atoms with van der Waals surface area (Å²) >= 11 is 0. The Kier molecular flexibility index (Phi) is 6.24. The van der Waals surface area contributed by atoms with Gasteiger partial charge in [-0.1, -0.05) is 33.1 Å². The van der Waals surface area contributed by atoms with Crippen LogP contribution in [0.4, 0.5) is 4.79 Å². The molecular formula is C17H31N3O2. The van der Waals surface area contributed by atoms with Crippen molar-refractivity contribution in [2.45, 2.75) is 71.4 Å². The van der Waals surface area contributed by atoms with Crippen molar-refractivity contribution in [3.05, 3.63) is 0 Å². The maximum Gasteiger partial charge on any atom is 0.321 e. The minimum Gasteiger partial charge on any atom is -0.335 e. The van der Waals surface area contributed by atoms with Crippen LogP contribution >= 0.6 is 0 Å². The molecule has 2 aliphatic rings. The summed E-state index contributed by atoms with van der Waals surface area (Å²) in [5.41, 5.74) is 0. The van der Waals surface area contributed by atoms with E-state index in [1.165, 1.54) is 25.7 Å². The molecule has 1 heterocycles. The lowest BCUT2D eigenvalue weighted by atomic mass is 9.91. The van der Waals surface area contributed by atoms with E-state index in [9.17, 15) is 9.59 Å². The van der Waals surface area contributed by atoms with E-state index >= 15 is 0 Å². The second-order valence-electron chi connectivity index (χ2n) is 7.37. The van der Waals surface area contributed by atoms with Gasteiger partial charge in [0.2, 0.25) is 5.91 Å². The number of hydrogen-bond donors (Lipinski definition) is 2. The lowest BCUT2D eigenvalue weighted by molar-refractivity contribution is -0.125. The molecule has 2 N–H and O–H groups in total. The number of rotatable bonds is 3. The topological polar surface area (TPSA) is 61.4 Å². The van der Waals surface area contributed by atoms with Crippen molar-refractivity contribution in [3.63, 3.8) is 0 Å². The minimum atomic E-state index is -0.332. The zero-order valence-electron chi connectivity index (χ0n) is 14.2. The van der Waals surface area contributed by atoms with Crippen LogP contribution in [0.3, 0.4) is 0 Å². The maximum absolute atomic E-state index is 12.3. The van der Waals surface area contributed by atoms with Crippen LogP contribution in [0, 0.1) is 11.8 Å². The highest BCUT2D eigenvalue weighted by atomic mass is 16.2. The monoisotopic (exact) mass is 309 g/mol. The molecule has 3 amide bonds. The summed E-state index contributed by atoms with van der Waals surface area (Å²) in [6.07, 6.45) is 6.85. The predicted molar refractivity (Wildman–Crippen MR) is 87.5 cm³/mol. The molecule has 0 unspecified atom stereocenters. The Hall–Kier alpha value is -1.10. The van der Waals surface area contributed by atoms with E-state index < -0.39 is 0 Å². The molecule has 1 aliphatic heterocycles. The van der Waals surface area contributed by atoms with Crippen LogP contribution in [-0.4, -0.2) is 42.0 Å². The van der Waals surface area contributed by atoms with Crippen LogP contribution in [0.5, 0.6) is 0 Å². The molecule has 5 heteroatoms. The zero-order valence-corrected chi connectivity index (χ0v) is 14.2. The second kappa shape index (κ2) is 7.95.